The van der Waals surface area contributed by atoms with Crippen LogP contribution < -0.4 is 0 Å². The maximum absolute atomic E-state index is 10.2. The normalized spacial score (nSPS) is 10.4. The minimum atomic E-state index is 0. The zero-order valence-electron chi connectivity index (χ0n) is 11.6. The van der Waals surface area contributed by atoms with Gasteiger partial charge >= 0.3 is 0 Å². The number of benzene rings is 2. The second kappa shape index (κ2) is 7.53. The van der Waals surface area contributed by atoms with E-state index in [0.717, 1.165) is 29.7 Å². The smallest absolute Gasteiger partial charge is 0.138 e. The van der Waals surface area contributed by atoms with E-state index in [2.05, 4.69) is 4.90 Å². The molecule has 0 aromatic heterocycles. The Labute approximate surface area is 131 Å². The van der Waals surface area contributed by atoms with Gasteiger partial charge in [-0.25, -0.2) is 0 Å². The molecule has 0 bridgehead atoms. The van der Waals surface area contributed by atoms with Crippen molar-refractivity contribution in [2.24, 2.45) is 0 Å². The third-order valence-electron chi connectivity index (χ3n) is 3.13. The van der Waals surface area contributed by atoms with E-state index in [1.807, 2.05) is 50.5 Å². The number of hydrogen-bond donors (Lipinski definition) is 1. The average Bonchev–Trinajstić information content (AvgIpc) is 2.41. The summed E-state index contributed by atoms with van der Waals surface area (Å²) in [6, 6.07) is 13.8. The van der Waals surface area contributed by atoms with E-state index in [9.17, 15) is 5.11 Å². The van der Waals surface area contributed by atoms with Gasteiger partial charge in [0.15, 0.2) is 0 Å². The van der Waals surface area contributed by atoms with Crippen LogP contribution in [0.25, 0.3) is 11.1 Å². The SMILES string of the molecule is CN(C)CCc1c(-c2ccccc2)ccc(Cl)c1O.Cl. The number of phenolic OH excluding ortho intramolecular Hbond substituents is 1. The summed E-state index contributed by atoms with van der Waals surface area (Å²) in [6.45, 7) is 0.869. The van der Waals surface area contributed by atoms with E-state index < -0.39 is 0 Å². The first-order valence-corrected chi connectivity index (χ1v) is 6.68. The van der Waals surface area contributed by atoms with Crippen molar-refractivity contribution in [1.82, 2.24) is 4.90 Å². The van der Waals surface area contributed by atoms with Crippen LogP contribution >= 0.6 is 24.0 Å². The van der Waals surface area contributed by atoms with Crippen LogP contribution in [0.2, 0.25) is 5.02 Å². The summed E-state index contributed by atoms with van der Waals surface area (Å²) >= 11 is 6.02. The average molecular weight is 312 g/mol. The van der Waals surface area contributed by atoms with E-state index in [0.29, 0.717) is 5.02 Å². The number of nitrogens with zero attached hydrogens (tertiary/aromatic N) is 1. The van der Waals surface area contributed by atoms with Gasteiger partial charge in [-0.05, 0) is 37.7 Å². The van der Waals surface area contributed by atoms with Gasteiger partial charge in [0.2, 0.25) is 0 Å². The van der Waals surface area contributed by atoms with Crippen molar-refractivity contribution in [3.8, 4) is 16.9 Å². The summed E-state index contributed by atoms with van der Waals surface area (Å²) in [5.74, 6) is 0.199. The molecule has 0 unspecified atom stereocenters. The molecule has 1 N–H and O–H groups in total. The van der Waals surface area contributed by atoms with E-state index in [1.165, 1.54) is 0 Å². The van der Waals surface area contributed by atoms with Crippen molar-refractivity contribution in [3.63, 3.8) is 0 Å². The highest BCUT2D eigenvalue weighted by Gasteiger charge is 2.13. The highest BCUT2D eigenvalue weighted by molar-refractivity contribution is 6.32. The Bertz CT molecular complexity index is 556. The van der Waals surface area contributed by atoms with Gasteiger partial charge in [0.1, 0.15) is 5.75 Å². The first-order chi connectivity index (χ1) is 9.09. The number of phenols is 1. The first-order valence-electron chi connectivity index (χ1n) is 6.30. The lowest BCUT2D eigenvalue weighted by Crippen LogP contribution is -2.15. The molecule has 0 saturated carbocycles. The monoisotopic (exact) mass is 311 g/mol. The Balaban J connectivity index is 0.00000200. The molecule has 2 rings (SSSR count). The molecule has 0 saturated heterocycles. The van der Waals surface area contributed by atoms with Gasteiger partial charge in [0.05, 0.1) is 5.02 Å². The minimum Gasteiger partial charge on any atom is -0.506 e. The second-order valence-corrected chi connectivity index (χ2v) is 5.25. The molecule has 0 atom stereocenters. The summed E-state index contributed by atoms with van der Waals surface area (Å²) in [5.41, 5.74) is 3.06. The molecule has 0 fully saturated rings. The fourth-order valence-corrected chi connectivity index (χ4v) is 2.26. The maximum atomic E-state index is 10.2. The summed E-state index contributed by atoms with van der Waals surface area (Å²) in [5, 5.41) is 10.6. The van der Waals surface area contributed by atoms with Gasteiger partial charge < -0.3 is 10.0 Å². The molecule has 0 heterocycles. The number of rotatable bonds is 4. The van der Waals surface area contributed by atoms with Crippen LogP contribution in [0.15, 0.2) is 42.5 Å². The van der Waals surface area contributed by atoms with Gasteiger partial charge in [-0.1, -0.05) is 48.0 Å². The third kappa shape index (κ3) is 3.89. The van der Waals surface area contributed by atoms with Gasteiger partial charge in [-0.15, -0.1) is 12.4 Å². The Morgan fingerprint density at radius 1 is 1.05 bits per heavy atom. The third-order valence-corrected chi connectivity index (χ3v) is 3.43. The van der Waals surface area contributed by atoms with Crippen molar-refractivity contribution in [2.45, 2.75) is 6.42 Å². The molecule has 0 aliphatic heterocycles. The number of aromatic hydroxyl groups is 1. The lowest BCUT2D eigenvalue weighted by Gasteiger charge is -2.15. The van der Waals surface area contributed by atoms with Crippen LogP contribution in [0.1, 0.15) is 5.56 Å². The van der Waals surface area contributed by atoms with E-state index in [-0.39, 0.29) is 18.2 Å². The van der Waals surface area contributed by atoms with Crippen LogP contribution in [0.5, 0.6) is 5.75 Å². The van der Waals surface area contributed by atoms with E-state index in [4.69, 9.17) is 11.6 Å². The number of halogens is 2. The Morgan fingerprint density at radius 3 is 2.30 bits per heavy atom. The molecule has 20 heavy (non-hydrogen) atoms. The minimum absolute atomic E-state index is 0. The van der Waals surface area contributed by atoms with Crippen molar-refractivity contribution < 1.29 is 5.11 Å². The summed E-state index contributed by atoms with van der Waals surface area (Å²) < 4.78 is 0. The molecular formula is C16H19Cl2NO. The van der Waals surface area contributed by atoms with Crippen LogP contribution in [0.3, 0.4) is 0 Å². The summed E-state index contributed by atoms with van der Waals surface area (Å²) in [6.07, 6.45) is 0.767. The molecule has 2 aromatic rings. The Kier molecular flexibility index (Phi) is 6.34. The fourth-order valence-electron chi connectivity index (χ4n) is 2.08. The Hall–Kier alpha value is -1.22. The standard InChI is InChI=1S/C16H18ClNO.ClH/c1-18(2)11-10-14-13(8-9-15(17)16(14)19)12-6-4-3-5-7-12;/h3-9,19H,10-11H2,1-2H3;1H. The molecule has 0 aliphatic carbocycles. The predicted octanol–water partition coefficient (Wildman–Crippen LogP) is 4.24. The van der Waals surface area contributed by atoms with Crippen molar-refractivity contribution in [2.75, 3.05) is 20.6 Å². The lowest BCUT2D eigenvalue weighted by atomic mass is 9.96. The lowest BCUT2D eigenvalue weighted by molar-refractivity contribution is 0.406. The van der Waals surface area contributed by atoms with Crippen molar-refractivity contribution in [1.29, 1.82) is 0 Å². The maximum Gasteiger partial charge on any atom is 0.138 e. The topological polar surface area (TPSA) is 23.5 Å². The predicted molar refractivity (Wildman–Crippen MR) is 88.1 cm³/mol. The molecule has 0 aliphatic rings. The van der Waals surface area contributed by atoms with Gasteiger partial charge in [-0.2, -0.15) is 0 Å². The molecular weight excluding hydrogens is 293 g/mol. The van der Waals surface area contributed by atoms with Crippen LogP contribution in [-0.4, -0.2) is 30.6 Å². The van der Waals surface area contributed by atoms with E-state index >= 15 is 0 Å². The number of likely N-dealkylation sites (N-methyl/N-ethyl adjacent to an activating group) is 1. The zero-order valence-corrected chi connectivity index (χ0v) is 13.2. The molecule has 2 nitrogen and oxygen atoms in total. The van der Waals surface area contributed by atoms with Gasteiger partial charge in [-0.3, -0.25) is 0 Å². The highest BCUT2D eigenvalue weighted by atomic mass is 35.5. The van der Waals surface area contributed by atoms with Crippen molar-refractivity contribution in [3.05, 3.63) is 53.1 Å². The van der Waals surface area contributed by atoms with Crippen molar-refractivity contribution >= 4 is 24.0 Å². The second-order valence-electron chi connectivity index (χ2n) is 4.84. The van der Waals surface area contributed by atoms with Gasteiger partial charge in [0.25, 0.3) is 0 Å². The van der Waals surface area contributed by atoms with Crippen LogP contribution in [0, 0.1) is 0 Å². The van der Waals surface area contributed by atoms with Crippen LogP contribution in [0.4, 0.5) is 0 Å². The van der Waals surface area contributed by atoms with E-state index in [1.54, 1.807) is 6.07 Å². The quantitative estimate of drug-likeness (QED) is 0.913. The first kappa shape index (κ1) is 16.8. The molecule has 4 heteroatoms. The number of hydrogen-bond acceptors (Lipinski definition) is 2. The highest BCUT2D eigenvalue weighted by Crippen LogP contribution is 2.35. The molecule has 0 spiro atoms. The molecule has 2 aromatic carbocycles. The van der Waals surface area contributed by atoms with Crippen LogP contribution in [-0.2, 0) is 6.42 Å². The fraction of sp³-hybridized carbons (Fsp3) is 0.250. The van der Waals surface area contributed by atoms with Gasteiger partial charge in [0, 0.05) is 12.1 Å². The molecule has 108 valence electrons. The Morgan fingerprint density at radius 2 is 1.70 bits per heavy atom. The summed E-state index contributed by atoms with van der Waals surface area (Å²) in [4.78, 5) is 2.09. The molecule has 0 amide bonds. The zero-order chi connectivity index (χ0) is 13.8. The summed E-state index contributed by atoms with van der Waals surface area (Å²) in [7, 11) is 4.04. The largest absolute Gasteiger partial charge is 0.506 e. The molecule has 0 radical (unpaired) electrons.